The fraction of sp³-hybridized carbons (Fsp3) is 0.318. The monoisotopic (exact) mass is 475 g/mol. The van der Waals surface area contributed by atoms with Crippen LogP contribution in [0.5, 0.6) is 0 Å². The highest BCUT2D eigenvalue weighted by molar-refractivity contribution is 7.99. The fourth-order valence-electron chi connectivity index (χ4n) is 3.52. The van der Waals surface area contributed by atoms with E-state index in [-0.39, 0.29) is 28.6 Å². The van der Waals surface area contributed by atoms with Crippen LogP contribution in [0.25, 0.3) is 11.5 Å². The largest absolute Gasteiger partial charge is 0.411 e. The normalized spacial score (nSPS) is 14.5. The number of rotatable bonds is 7. The number of halogens is 2. The number of benzene rings is 2. The molecule has 1 N–H and O–H groups in total. The molecule has 0 spiro atoms. The number of aromatic nitrogens is 2. The van der Waals surface area contributed by atoms with Crippen LogP contribution in [0.15, 0.2) is 52.1 Å². The van der Waals surface area contributed by atoms with Crippen molar-refractivity contribution in [3.8, 4) is 11.5 Å². The Bertz CT molecular complexity index is 1070. The SMILES string of the molecule is CCN1CCN(c2c(Cl)cccc2NC(=O)CSc2nnc(-c3ccc(F)cc3)o2)CC1. The Morgan fingerprint density at radius 1 is 1.16 bits per heavy atom. The molecule has 0 saturated carbocycles. The van der Waals surface area contributed by atoms with Gasteiger partial charge in [-0.15, -0.1) is 10.2 Å². The number of carbonyl (C=O) groups excluding carboxylic acids is 1. The molecule has 10 heteroatoms. The third kappa shape index (κ3) is 5.40. The third-order valence-corrected chi connectivity index (χ3v) is 6.34. The number of nitrogens with one attached hydrogen (secondary N) is 1. The number of piperazine rings is 1. The zero-order valence-corrected chi connectivity index (χ0v) is 19.1. The second kappa shape index (κ2) is 10.3. The highest BCUT2D eigenvalue weighted by Crippen LogP contribution is 2.35. The van der Waals surface area contributed by atoms with Gasteiger partial charge in [-0.3, -0.25) is 4.79 Å². The van der Waals surface area contributed by atoms with Gasteiger partial charge in [-0.25, -0.2) is 4.39 Å². The van der Waals surface area contributed by atoms with E-state index in [2.05, 4.69) is 32.2 Å². The molecule has 1 aliphatic rings. The van der Waals surface area contributed by atoms with E-state index in [1.165, 1.54) is 12.1 Å². The van der Waals surface area contributed by atoms with Crippen molar-refractivity contribution in [3.63, 3.8) is 0 Å². The summed E-state index contributed by atoms with van der Waals surface area (Å²) in [5.74, 6) is -0.170. The van der Waals surface area contributed by atoms with E-state index in [1.807, 2.05) is 18.2 Å². The van der Waals surface area contributed by atoms with E-state index in [9.17, 15) is 9.18 Å². The molecule has 1 aliphatic heterocycles. The Kier molecular flexibility index (Phi) is 7.29. The van der Waals surface area contributed by atoms with Crippen molar-refractivity contribution < 1.29 is 13.6 Å². The van der Waals surface area contributed by atoms with Gasteiger partial charge in [-0.05, 0) is 42.9 Å². The molecule has 32 heavy (non-hydrogen) atoms. The number of hydrogen-bond acceptors (Lipinski definition) is 7. The Labute approximate surface area is 194 Å². The zero-order valence-electron chi connectivity index (χ0n) is 17.6. The van der Waals surface area contributed by atoms with Gasteiger partial charge in [0.15, 0.2) is 0 Å². The molecule has 1 saturated heterocycles. The maximum atomic E-state index is 13.1. The van der Waals surface area contributed by atoms with Crippen molar-refractivity contribution in [2.24, 2.45) is 0 Å². The van der Waals surface area contributed by atoms with Crippen molar-refractivity contribution in [3.05, 3.63) is 53.3 Å². The molecule has 0 aliphatic carbocycles. The average Bonchev–Trinajstić information content (AvgIpc) is 3.28. The second-order valence-corrected chi connectivity index (χ2v) is 8.61. The van der Waals surface area contributed by atoms with E-state index < -0.39 is 0 Å². The maximum Gasteiger partial charge on any atom is 0.277 e. The maximum absolute atomic E-state index is 13.1. The van der Waals surface area contributed by atoms with Crippen LogP contribution in [-0.2, 0) is 4.79 Å². The first-order chi connectivity index (χ1) is 15.5. The Balaban J connectivity index is 1.38. The van der Waals surface area contributed by atoms with Gasteiger partial charge in [-0.1, -0.05) is 36.4 Å². The molecule has 2 heterocycles. The van der Waals surface area contributed by atoms with E-state index >= 15 is 0 Å². The minimum Gasteiger partial charge on any atom is -0.411 e. The van der Waals surface area contributed by atoms with Crippen LogP contribution in [0.1, 0.15) is 6.92 Å². The number of thioether (sulfide) groups is 1. The van der Waals surface area contributed by atoms with Crippen molar-refractivity contribution in [2.75, 3.05) is 48.7 Å². The van der Waals surface area contributed by atoms with Crippen LogP contribution in [0.4, 0.5) is 15.8 Å². The molecule has 0 atom stereocenters. The number of nitrogens with zero attached hydrogens (tertiary/aromatic N) is 4. The summed E-state index contributed by atoms with van der Waals surface area (Å²) in [6.45, 7) is 6.79. The minimum atomic E-state index is -0.341. The summed E-state index contributed by atoms with van der Waals surface area (Å²) >= 11 is 7.63. The van der Waals surface area contributed by atoms with Crippen LogP contribution in [-0.4, -0.2) is 59.5 Å². The van der Waals surface area contributed by atoms with E-state index in [0.717, 1.165) is 50.2 Å². The fourth-order valence-corrected chi connectivity index (χ4v) is 4.37. The first-order valence-corrected chi connectivity index (χ1v) is 11.7. The Morgan fingerprint density at radius 3 is 2.62 bits per heavy atom. The Hall–Kier alpha value is -2.62. The molecule has 168 valence electrons. The molecule has 4 rings (SSSR count). The van der Waals surface area contributed by atoms with Crippen LogP contribution in [0, 0.1) is 5.82 Å². The lowest BCUT2D eigenvalue weighted by molar-refractivity contribution is -0.113. The molecule has 0 unspecified atom stereocenters. The smallest absolute Gasteiger partial charge is 0.277 e. The first-order valence-electron chi connectivity index (χ1n) is 10.3. The molecule has 3 aromatic rings. The van der Waals surface area contributed by atoms with Crippen molar-refractivity contribution in [1.82, 2.24) is 15.1 Å². The number of carbonyl (C=O) groups is 1. The molecular weight excluding hydrogens is 453 g/mol. The highest BCUT2D eigenvalue weighted by atomic mass is 35.5. The van der Waals surface area contributed by atoms with Gasteiger partial charge in [0.1, 0.15) is 5.82 Å². The standard InChI is InChI=1S/C22H23ClFN5O2S/c1-2-28-10-12-29(13-11-28)20-17(23)4-3-5-18(20)25-19(30)14-32-22-27-26-21(31-22)15-6-8-16(24)9-7-15/h3-9H,2,10-14H2,1H3,(H,25,30). The van der Waals surface area contributed by atoms with Crippen LogP contribution >= 0.6 is 23.4 Å². The van der Waals surface area contributed by atoms with E-state index in [0.29, 0.717) is 16.3 Å². The van der Waals surface area contributed by atoms with Crippen LogP contribution < -0.4 is 10.2 Å². The lowest BCUT2D eigenvalue weighted by Gasteiger charge is -2.36. The van der Waals surface area contributed by atoms with E-state index in [4.69, 9.17) is 16.0 Å². The van der Waals surface area contributed by atoms with Gasteiger partial charge in [-0.2, -0.15) is 0 Å². The summed E-state index contributed by atoms with van der Waals surface area (Å²) < 4.78 is 18.6. The second-order valence-electron chi connectivity index (χ2n) is 7.27. The summed E-state index contributed by atoms with van der Waals surface area (Å²) in [5.41, 5.74) is 2.15. The van der Waals surface area contributed by atoms with Gasteiger partial charge in [0.2, 0.25) is 11.8 Å². The summed E-state index contributed by atoms with van der Waals surface area (Å²) in [7, 11) is 0. The zero-order chi connectivity index (χ0) is 22.5. The molecule has 0 radical (unpaired) electrons. The van der Waals surface area contributed by atoms with Crippen molar-refractivity contribution in [2.45, 2.75) is 12.1 Å². The number of amides is 1. The summed E-state index contributed by atoms with van der Waals surface area (Å²) in [5, 5.41) is 11.7. The minimum absolute atomic E-state index is 0.0978. The highest BCUT2D eigenvalue weighted by Gasteiger charge is 2.21. The molecule has 0 bridgehead atoms. The Morgan fingerprint density at radius 2 is 1.91 bits per heavy atom. The van der Waals surface area contributed by atoms with Crippen LogP contribution in [0.2, 0.25) is 5.02 Å². The van der Waals surface area contributed by atoms with Gasteiger partial charge in [0, 0.05) is 31.7 Å². The lowest BCUT2D eigenvalue weighted by atomic mass is 10.2. The number of para-hydroxylation sites is 1. The number of anilines is 2. The van der Waals surface area contributed by atoms with Gasteiger partial charge >= 0.3 is 0 Å². The van der Waals surface area contributed by atoms with Gasteiger partial charge < -0.3 is 19.5 Å². The number of hydrogen-bond donors (Lipinski definition) is 1. The predicted molar refractivity (Wildman–Crippen MR) is 125 cm³/mol. The molecule has 1 fully saturated rings. The summed E-state index contributed by atoms with van der Waals surface area (Å²) in [6.07, 6.45) is 0. The predicted octanol–water partition coefficient (Wildman–Crippen LogP) is 4.40. The topological polar surface area (TPSA) is 74.5 Å². The van der Waals surface area contributed by atoms with Crippen LogP contribution in [0.3, 0.4) is 0 Å². The quantitative estimate of drug-likeness (QED) is 0.507. The van der Waals surface area contributed by atoms with Crippen molar-refractivity contribution >= 4 is 40.6 Å². The molecule has 1 aromatic heterocycles. The summed E-state index contributed by atoms with van der Waals surface area (Å²) in [4.78, 5) is 17.2. The van der Waals surface area contributed by atoms with Gasteiger partial charge in [0.25, 0.3) is 5.22 Å². The lowest BCUT2D eigenvalue weighted by Crippen LogP contribution is -2.46. The third-order valence-electron chi connectivity index (χ3n) is 5.22. The average molecular weight is 476 g/mol. The van der Waals surface area contributed by atoms with Gasteiger partial charge in [0.05, 0.1) is 22.2 Å². The molecule has 1 amide bonds. The number of likely N-dealkylation sites (N-methyl/N-ethyl adjacent to an activating group) is 1. The van der Waals surface area contributed by atoms with Crippen molar-refractivity contribution in [1.29, 1.82) is 0 Å². The first kappa shape index (κ1) is 22.6. The summed E-state index contributed by atoms with van der Waals surface area (Å²) in [6, 6.07) is 11.3. The molecule has 7 nitrogen and oxygen atoms in total. The molecule has 2 aromatic carbocycles. The molecular formula is C22H23ClFN5O2S. The van der Waals surface area contributed by atoms with E-state index in [1.54, 1.807) is 12.1 Å².